The predicted octanol–water partition coefficient (Wildman–Crippen LogP) is 15.0. The van der Waals surface area contributed by atoms with E-state index in [1.165, 1.54) is 66.9 Å². The number of hydrogen-bond acceptors (Lipinski definition) is 1. The second kappa shape index (κ2) is 14.5. The van der Waals surface area contributed by atoms with Crippen molar-refractivity contribution in [2.75, 3.05) is 4.90 Å². The second-order valence-corrected chi connectivity index (χ2v) is 15.7. The number of hydrogen-bond donors (Lipinski definition) is 0. The van der Waals surface area contributed by atoms with Gasteiger partial charge < -0.3 is 4.90 Å². The molecule has 0 amide bonds. The highest BCUT2D eigenvalue weighted by Crippen LogP contribution is 2.54. The third-order valence-corrected chi connectivity index (χ3v) is 11.5. The van der Waals surface area contributed by atoms with Crippen molar-refractivity contribution in [3.8, 4) is 33.4 Å². The Balaban J connectivity index is 1.10. The second-order valence-electron chi connectivity index (χ2n) is 15.7. The van der Waals surface area contributed by atoms with E-state index in [1.54, 1.807) is 0 Å². The minimum Gasteiger partial charge on any atom is -0.310 e. The Labute approximate surface area is 322 Å². The summed E-state index contributed by atoms with van der Waals surface area (Å²) in [5.41, 5.74) is 17.9. The number of benzene rings is 7. The van der Waals surface area contributed by atoms with Crippen LogP contribution in [0.3, 0.4) is 0 Å². The number of fused-ring (bicyclic) bond motifs is 3. The van der Waals surface area contributed by atoms with Crippen molar-refractivity contribution in [1.29, 1.82) is 0 Å². The minimum atomic E-state index is -0.0502. The summed E-state index contributed by atoms with van der Waals surface area (Å²) in [5, 5.41) is 0. The zero-order valence-electron chi connectivity index (χ0n) is 32.2. The first-order valence-electron chi connectivity index (χ1n) is 19.5. The van der Waals surface area contributed by atoms with Crippen LogP contribution in [0.2, 0.25) is 0 Å². The maximum Gasteiger partial charge on any atom is 0.0465 e. The molecule has 1 heteroatoms. The lowest BCUT2D eigenvalue weighted by molar-refractivity contribution is 0.490. The fourth-order valence-electron chi connectivity index (χ4n) is 8.36. The smallest absolute Gasteiger partial charge is 0.0465 e. The van der Waals surface area contributed by atoms with Gasteiger partial charge in [-0.25, -0.2) is 0 Å². The van der Waals surface area contributed by atoms with E-state index in [-0.39, 0.29) is 10.8 Å². The molecule has 0 spiro atoms. The van der Waals surface area contributed by atoms with Gasteiger partial charge in [0.1, 0.15) is 0 Å². The molecule has 0 saturated carbocycles. The van der Waals surface area contributed by atoms with Crippen LogP contribution in [0.1, 0.15) is 75.3 Å². The lowest BCUT2D eigenvalue weighted by Crippen LogP contribution is -2.23. The molecule has 7 aromatic rings. The van der Waals surface area contributed by atoms with E-state index < -0.39 is 0 Å². The van der Waals surface area contributed by atoms with Crippen molar-refractivity contribution < 1.29 is 0 Å². The molecule has 0 saturated heterocycles. The summed E-state index contributed by atoms with van der Waals surface area (Å²) in [6.45, 7) is 11.6. The van der Waals surface area contributed by atoms with E-state index in [0.29, 0.717) is 0 Å². The summed E-state index contributed by atoms with van der Waals surface area (Å²) in [6, 6.07) is 62.4. The topological polar surface area (TPSA) is 3.24 Å². The van der Waals surface area contributed by atoms with Crippen molar-refractivity contribution in [3.63, 3.8) is 0 Å². The molecule has 0 unspecified atom stereocenters. The van der Waals surface area contributed by atoms with Gasteiger partial charge in [0.2, 0.25) is 0 Å². The Kier molecular flexibility index (Phi) is 9.42. The van der Waals surface area contributed by atoms with E-state index in [1.807, 2.05) is 0 Å². The van der Waals surface area contributed by atoms with Crippen molar-refractivity contribution in [2.45, 2.75) is 58.3 Å². The van der Waals surface area contributed by atoms with Gasteiger partial charge >= 0.3 is 0 Å². The molecular formula is C53H49N. The Morgan fingerprint density at radius 2 is 0.926 bits per heavy atom. The van der Waals surface area contributed by atoms with Gasteiger partial charge in [-0.05, 0) is 122 Å². The van der Waals surface area contributed by atoms with Crippen LogP contribution in [0.4, 0.5) is 17.1 Å². The zero-order valence-corrected chi connectivity index (χ0v) is 32.2. The summed E-state index contributed by atoms with van der Waals surface area (Å²) in [5.74, 6) is 0. The van der Waals surface area contributed by atoms with Crippen LogP contribution in [0.15, 0.2) is 170 Å². The van der Waals surface area contributed by atoms with Gasteiger partial charge in [0, 0.05) is 22.5 Å². The normalized spacial score (nSPS) is 13.1. The van der Waals surface area contributed by atoms with E-state index in [9.17, 15) is 0 Å². The quantitative estimate of drug-likeness (QED) is 0.136. The molecule has 54 heavy (non-hydrogen) atoms. The van der Waals surface area contributed by atoms with Crippen molar-refractivity contribution in [2.24, 2.45) is 0 Å². The molecular weight excluding hydrogens is 651 g/mol. The van der Waals surface area contributed by atoms with Gasteiger partial charge in [-0.15, -0.1) is 0 Å². The average molecular weight is 700 g/mol. The lowest BCUT2D eigenvalue weighted by atomic mass is 9.73. The van der Waals surface area contributed by atoms with Gasteiger partial charge in [0.25, 0.3) is 0 Å². The molecule has 0 fully saturated rings. The monoisotopic (exact) mass is 699 g/mol. The van der Waals surface area contributed by atoms with Crippen molar-refractivity contribution >= 4 is 29.2 Å². The molecule has 0 bridgehead atoms. The Morgan fingerprint density at radius 1 is 0.444 bits per heavy atom. The van der Waals surface area contributed by atoms with Gasteiger partial charge in [0.05, 0.1) is 0 Å². The molecule has 1 aliphatic carbocycles. The predicted molar refractivity (Wildman–Crippen MR) is 233 cm³/mol. The van der Waals surface area contributed by atoms with Crippen LogP contribution in [0.5, 0.6) is 0 Å². The van der Waals surface area contributed by atoms with E-state index in [2.05, 4.69) is 222 Å². The number of nitrogens with zero attached hydrogens (tertiary/aromatic N) is 1. The zero-order chi connectivity index (χ0) is 37.3. The maximum atomic E-state index is 2.46. The third-order valence-electron chi connectivity index (χ3n) is 11.5. The van der Waals surface area contributed by atoms with Gasteiger partial charge in [-0.2, -0.15) is 0 Å². The number of rotatable bonds is 9. The summed E-state index contributed by atoms with van der Waals surface area (Å²) in [6.07, 6.45) is 6.62. The SMILES string of the molecule is CCC1(CC)c2cc(/C=C/c3ccc(-c4cc(-c5ccccc5)cc(C(C)(C)C)c4)cc3)ccc2-c2ccc(N(c3ccccc3)c3ccccc3)cc21. The highest BCUT2D eigenvalue weighted by Gasteiger charge is 2.41. The molecule has 1 nitrogen and oxygen atoms in total. The minimum absolute atomic E-state index is 0.0502. The molecule has 0 N–H and O–H groups in total. The molecule has 0 atom stereocenters. The first-order chi connectivity index (χ1) is 26.3. The summed E-state index contributed by atoms with van der Waals surface area (Å²) >= 11 is 0. The lowest BCUT2D eigenvalue weighted by Gasteiger charge is -2.32. The molecule has 7 aromatic carbocycles. The van der Waals surface area contributed by atoms with Crippen LogP contribution in [0.25, 0.3) is 45.5 Å². The number of para-hydroxylation sites is 2. The summed E-state index contributed by atoms with van der Waals surface area (Å²) in [4.78, 5) is 2.38. The molecule has 0 aliphatic heterocycles. The van der Waals surface area contributed by atoms with Gasteiger partial charge in [-0.3, -0.25) is 0 Å². The first kappa shape index (κ1) is 35.1. The van der Waals surface area contributed by atoms with Crippen LogP contribution >= 0.6 is 0 Å². The highest BCUT2D eigenvalue weighted by atomic mass is 15.1. The van der Waals surface area contributed by atoms with E-state index in [4.69, 9.17) is 0 Å². The van der Waals surface area contributed by atoms with Crippen LogP contribution in [-0.2, 0) is 10.8 Å². The van der Waals surface area contributed by atoms with Gasteiger partial charge in [0.15, 0.2) is 0 Å². The molecule has 8 rings (SSSR count). The maximum absolute atomic E-state index is 2.46. The fourth-order valence-corrected chi connectivity index (χ4v) is 8.36. The molecule has 1 aliphatic rings. The van der Waals surface area contributed by atoms with Crippen molar-refractivity contribution in [1.82, 2.24) is 0 Å². The van der Waals surface area contributed by atoms with Crippen molar-refractivity contribution in [3.05, 3.63) is 198 Å². The van der Waals surface area contributed by atoms with E-state index >= 15 is 0 Å². The Bertz CT molecular complexity index is 2370. The summed E-state index contributed by atoms with van der Waals surface area (Å²) in [7, 11) is 0. The Morgan fingerprint density at radius 3 is 1.48 bits per heavy atom. The third kappa shape index (κ3) is 6.60. The van der Waals surface area contributed by atoms with Crippen LogP contribution < -0.4 is 4.90 Å². The molecule has 0 aromatic heterocycles. The largest absolute Gasteiger partial charge is 0.310 e. The van der Waals surface area contributed by atoms with Crippen LogP contribution in [0, 0.1) is 0 Å². The van der Waals surface area contributed by atoms with Crippen LogP contribution in [-0.4, -0.2) is 0 Å². The highest BCUT2D eigenvalue weighted by molar-refractivity contribution is 5.87. The fraction of sp³-hybridized carbons (Fsp3) is 0.170. The number of anilines is 3. The average Bonchev–Trinajstić information content (AvgIpc) is 3.49. The first-order valence-corrected chi connectivity index (χ1v) is 19.5. The molecule has 0 radical (unpaired) electrons. The Hall–Kier alpha value is -5.92. The molecule has 266 valence electrons. The van der Waals surface area contributed by atoms with Gasteiger partial charge in [-0.1, -0.05) is 174 Å². The van der Waals surface area contributed by atoms with E-state index in [0.717, 1.165) is 24.2 Å². The molecule has 0 heterocycles. The standard InChI is InChI=1S/C53H49N/c1-6-53(7-2)50-33-39(24-23-38-25-28-41(29-26-38)43-34-42(40-17-11-8-12-18-40)35-44(36-43)52(3,4)5)27-31-48(50)49-32-30-47(37-51(49)53)54(45-19-13-9-14-20-45)46-21-15-10-16-22-46/h8-37H,6-7H2,1-5H3/b24-23+. The summed E-state index contributed by atoms with van der Waals surface area (Å²) < 4.78 is 0.